The smallest absolute Gasteiger partial charge is 0.136 e. The molecule has 0 saturated heterocycles. The van der Waals surface area contributed by atoms with Crippen LogP contribution in [-0.2, 0) is 4.79 Å². The van der Waals surface area contributed by atoms with E-state index in [1.165, 1.54) is 38.5 Å². The minimum Gasteiger partial charge on any atom is -0.393 e. The fourth-order valence-electron chi connectivity index (χ4n) is 8.54. The number of ketones is 1. The molecule has 0 amide bonds. The van der Waals surface area contributed by atoms with Crippen molar-refractivity contribution >= 4 is 5.78 Å². The number of aliphatic hydroxyl groups is 1. The third-order valence-corrected chi connectivity index (χ3v) is 9.95. The van der Waals surface area contributed by atoms with Crippen molar-refractivity contribution in [2.75, 3.05) is 0 Å². The van der Waals surface area contributed by atoms with E-state index in [0.717, 1.165) is 37.5 Å². The molecule has 2 nitrogen and oxygen atoms in total. The van der Waals surface area contributed by atoms with Gasteiger partial charge in [0.2, 0.25) is 0 Å². The van der Waals surface area contributed by atoms with Gasteiger partial charge in [-0.3, -0.25) is 4.79 Å². The number of fused-ring (bicyclic) bond motifs is 5. The molecule has 0 radical (unpaired) electrons. The Kier molecular flexibility index (Phi) is 4.82. The van der Waals surface area contributed by atoms with E-state index in [9.17, 15) is 9.90 Å². The molecule has 0 heterocycles. The first-order valence-electron chi connectivity index (χ1n) is 11.5. The van der Waals surface area contributed by atoms with E-state index in [2.05, 4.69) is 27.7 Å². The fourth-order valence-corrected chi connectivity index (χ4v) is 8.54. The topological polar surface area (TPSA) is 37.3 Å². The molecule has 148 valence electrons. The van der Waals surface area contributed by atoms with Crippen LogP contribution in [0.2, 0.25) is 0 Å². The third-order valence-electron chi connectivity index (χ3n) is 9.95. The molecule has 2 unspecified atom stereocenters. The van der Waals surface area contributed by atoms with Gasteiger partial charge in [0.25, 0.3) is 0 Å². The van der Waals surface area contributed by atoms with Gasteiger partial charge in [-0.1, -0.05) is 40.5 Å². The molecule has 0 aromatic rings. The molecular formula is C24H40O2. The van der Waals surface area contributed by atoms with Gasteiger partial charge in [0.05, 0.1) is 6.10 Å². The molecular weight excluding hydrogens is 320 g/mol. The Bertz CT molecular complexity index is 556. The molecule has 2 heteroatoms. The molecule has 0 spiro atoms. The summed E-state index contributed by atoms with van der Waals surface area (Å²) in [7, 11) is 0. The minimum absolute atomic E-state index is 0.169. The highest BCUT2D eigenvalue weighted by atomic mass is 16.3. The van der Waals surface area contributed by atoms with Gasteiger partial charge < -0.3 is 5.11 Å². The molecule has 4 aliphatic rings. The fraction of sp³-hybridized carbons (Fsp3) is 0.958. The lowest BCUT2D eigenvalue weighted by Gasteiger charge is -2.60. The summed E-state index contributed by atoms with van der Waals surface area (Å²) in [5.41, 5.74) is 0.690. The number of rotatable bonds is 3. The minimum atomic E-state index is -0.169. The quantitative estimate of drug-likeness (QED) is 0.709. The second kappa shape index (κ2) is 6.61. The summed E-state index contributed by atoms with van der Waals surface area (Å²) >= 11 is 0. The summed E-state index contributed by atoms with van der Waals surface area (Å²) in [5, 5.41) is 10.2. The van der Waals surface area contributed by atoms with Crippen LogP contribution in [0.1, 0.15) is 91.9 Å². The lowest BCUT2D eigenvalue weighted by atomic mass is 9.44. The van der Waals surface area contributed by atoms with Crippen molar-refractivity contribution in [3.63, 3.8) is 0 Å². The monoisotopic (exact) mass is 360 g/mol. The number of Topliss-reactive ketones (excluding diaryl/α,β-unsaturated/α-hetero) is 1. The van der Waals surface area contributed by atoms with Crippen molar-refractivity contribution in [1.29, 1.82) is 0 Å². The van der Waals surface area contributed by atoms with Crippen LogP contribution in [0.5, 0.6) is 0 Å². The highest BCUT2D eigenvalue weighted by molar-refractivity contribution is 5.83. The maximum absolute atomic E-state index is 13.3. The summed E-state index contributed by atoms with van der Waals surface area (Å²) in [6.45, 7) is 9.80. The maximum atomic E-state index is 13.3. The van der Waals surface area contributed by atoms with Crippen LogP contribution in [0.25, 0.3) is 0 Å². The zero-order valence-corrected chi connectivity index (χ0v) is 17.5. The van der Waals surface area contributed by atoms with Crippen LogP contribution >= 0.6 is 0 Å². The molecule has 0 aromatic heterocycles. The van der Waals surface area contributed by atoms with Gasteiger partial charge in [0.15, 0.2) is 0 Å². The number of carbonyl (C=O) groups excluding carboxylic acids is 1. The van der Waals surface area contributed by atoms with Crippen LogP contribution in [0.15, 0.2) is 0 Å². The molecule has 4 rings (SSSR count). The lowest BCUT2D eigenvalue weighted by Crippen LogP contribution is -2.57. The molecule has 4 aliphatic carbocycles. The second-order valence-electron chi connectivity index (χ2n) is 11.0. The zero-order chi connectivity index (χ0) is 18.7. The first kappa shape index (κ1) is 19.0. The molecule has 4 fully saturated rings. The molecule has 0 aromatic carbocycles. The van der Waals surface area contributed by atoms with E-state index in [-0.39, 0.29) is 6.10 Å². The Balaban J connectivity index is 1.62. The maximum Gasteiger partial charge on any atom is 0.136 e. The first-order chi connectivity index (χ1) is 12.3. The van der Waals surface area contributed by atoms with Crippen molar-refractivity contribution in [2.24, 2.45) is 46.3 Å². The van der Waals surface area contributed by atoms with Crippen molar-refractivity contribution < 1.29 is 9.90 Å². The standard InChI is InChI=1S/C24H40O2/c1-5-6-15(2)18-7-8-19-22-20(10-12-24(18,19)4)23(3)11-9-17(25)13-16(23)14-21(22)26/h15-20,22,25H,5-14H2,1-4H3/t15-,16?,17?,18-,19+,20+,22+,23+,24-/m1/s1. The van der Waals surface area contributed by atoms with Gasteiger partial charge in [-0.2, -0.15) is 0 Å². The molecule has 9 atom stereocenters. The van der Waals surface area contributed by atoms with Crippen LogP contribution in [-0.4, -0.2) is 17.0 Å². The predicted molar refractivity (Wildman–Crippen MR) is 106 cm³/mol. The van der Waals surface area contributed by atoms with E-state index in [1.54, 1.807) is 0 Å². The van der Waals surface area contributed by atoms with Crippen molar-refractivity contribution in [3.05, 3.63) is 0 Å². The van der Waals surface area contributed by atoms with Crippen molar-refractivity contribution in [1.82, 2.24) is 0 Å². The van der Waals surface area contributed by atoms with Crippen LogP contribution < -0.4 is 0 Å². The Morgan fingerprint density at radius 2 is 1.77 bits per heavy atom. The number of aliphatic hydroxyl groups excluding tert-OH is 1. The molecule has 26 heavy (non-hydrogen) atoms. The number of hydrogen-bond acceptors (Lipinski definition) is 2. The highest BCUT2D eigenvalue weighted by Crippen LogP contribution is 2.67. The lowest BCUT2D eigenvalue weighted by molar-refractivity contribution is -0.160. The molecule has 1 N–H and O–H groups in total. The van der Waals surface area contributed by atoms with Crippen LogP contribution in [0.3, 0.4) is 0 Å². The molecule has 0 bridgehead atoms. The van der Waals surface area contributed by atoms with Gasteiger partial charge in [0.1, 0.15) is 5.78 Å². The summed E-state index contributed by atoms with van der Waals surface area (Å²) in [4.78, 5) is 13.3. The third kappa shape index (κ3) is 2.65. The summed E-state index contributed by atoms with van der Waals surface area (Å²) in [6.07, 6.45) is 11.4. The predicted octanol–water partition coefficient (Wildman–Crippen LogP) is 5.62. The number of hydrogen-bond donors (Lipinski definition) is 1. The number of carbonyl (C=O) groups is 1. The Hall–Kier alpha value is -0.370. The zero-order valence-electron chi connectivity index (χ0n) is 17.5. The summed E-state index contributed by atoms with van der Waals surface area (Å²) in [6, 6.07) is 0. The Labute approximate surface area is 160 Å². The van der Waals surface area contributed by atoms with E-state index < -0.39 is 0 Å². The Morgan fingerprint density at radius 3 is 2.50 bits per heavy atom. The van der Waals surface area contributed by atoms with Gasteiger partial charge in [-0.15, -0.1) is 0 Å². The van der Waals surface area contributed by atoms with E-state index in [0.29, 0.717) is 40.3 Å². The van der Waals surface area contributed by atoms with E-state index in [1.807, 2.05) is 0 Å². The average molecular weight is 361 g/mol. The van der Waals surface area contributed by atoms with Crippen molar-refractivity contribution in [2.45, 2.75) is 98.0 Å². The average Bonchev–Trinajstić information content (AvgIpc) is 2.94. The summed E-state index contributed by atoms with van der Waals surface area (Å²) < 4.78 is 0. The van der Waals surface area contributed by atoms with E-state index >= 15 is 0 Å². The van der Waals surface area contributed by atoms with Gasteiger partial charge in [0, 0.05) is 12.3 Å². The highest BCUT2D eigenvalue weighted by Gasteiger charge is 2.62. The first-order valence-corrected chi connectivity index (χ1v) is 11.5. The SMILES string of the molecule is CCC[C@@H](C)[C@H]1CC[C@H]2[C@@H]3C(=O)CC4CC(O)CC[C@]4(C)[C@H]3CC[C@]12C. The largest absolute Gasteiger partial charge is 0.393 e. The normalized spacial score (nSPS) is 52.1. The van der Waals surface area contributed by atoms with Gasteiger partial charge >= 0.3 is 0 Å². The Morgan fingerprint density at radius 1 is 1.08 bits per heavy atom. The van der Waals surface area contributed by atoms with Crippen molar-refractivity contribution in [3.8, 4) is 0 Å². The second-order valence-corrected chi connectivity index (χ2v) is 11.0. The summed E-state index contributed by atoms with van der Waals surface area (Å²) in [5.74, 6) is 4.15. The van der Waals surface area contributed by atoms with Gasteiger partial charge in [-0.05, 0) is 85.4 Å². The van der Waals surface area contributed by atoms with Gasteiger partial charge in [-0.25, -0.2) is 0 Å². The molecule has 4 saturated carbocycles. The molecule has 0 aliphatic heterocycles. The van der Waals surface area contributed by atoms with Crippen LogP contribution in [0, 0.1) is 46.3 Å². The van der Waals surface area contributed by atoms with Crippen LogP contribution in [0.4, 0.5) is 0 Å². The van der Waals surface area contributed by atoms with E-state index in [4.69, 9.17) is 0 Å².